The first-order valence-corrected chi connectivity index (χ1v) is 6.62. The van der Waals surface area contributed by atoms with Gasteiger partial charge in [0.1, 0.15) is 11.6 Å². The van der Waals surface area contributed by atoms with Crippen molar-refractivity contribution >= 4 is 11.6 Å². The van der Waals surface area contributed by atoms with E-state index in [1.54, 1.807) is 13.8 Å². The van der Waals surface area contributed by atoms with Crippen LogP contribution in [0.25, 0.3) is 0 Å². The van der Waals surface area contributed by atoms with E-state index in [4.69, 9.17) is 0 Å². The third-order valence-corrected chi connectivity index (χ3v) is 3.86. The molecule has 2 fully saturated rings. The fraction of sp³-hybridized carbons (Fsp3) is 0.875. The Balaban J connectivity index is 0. The molecular formula is C16H32O2. The third kappa shape index (κ3) is 6.93. The fourth-order valence-corrected chi connectivity index (χ4v) is 2.32. The molecule has 2 aliphatic rings. The number of ketones is 2. The number of rotatable bonds is 2. The van der Waals surface area contributed by atoms with Gasteiger partial charge in [0, 0.05) is 11.8 Å². The standard InChI is InChI=1S/C8H14O.C6H10O.2CH4/c1-7(9)8-5-3-2-4-6-8;1-5(7)6-3-2-4-6;;/h8H,2-6H2,1H3;6H,2-4H2,1H3;2*1H4. The van der Waals surface area contributed by atoms with Gasteiger partial charge >= 0.3 is 0 Å². The Morgan fingerprint density at radius 1 is 0.667 bits per heavy atom. The quantitative estimate of drug-likeness (QED) is 0.711. The molecule has 2 aliphatic carbocycles. The van der Waals surface area contributed by atoms with Crippen LogP contribution in [0, 0.1) is 11.8 Å². The Hall–Kier alpha value is -0.660. The average Bonchev–Trinajstić information content (AvgIpc) is 2.16. The van der Waals surface area contributed by atoms with Crippen LogP contribution in [0.5, 0.6) is 0 Å². The highest BCUT2D eigenvalue weighted by Crippen LogP contribution is 2.26. The van der Waals surface area contributed by atoms with Crippen LogP contribution in [0.4, 0.5) is 0 Å². The number of carbonyl (C=O) groups excluding carboxylic acids is 2. The van der Waals surface area contributed by atoms with Crippen molar-refractivity contribution < 1.29 is 9.59 Å². The Morgan fingerprint density at radius 2 is 1.00 bits per heavy atom. The highest BCUT2D eigenvalue weighted by molar-refractivity contribution is 5.79. The summed E-state index contributed by atoms with van der Waals surface area (Å²) in [6.45, 7) is 3.40. The summed E-state index contributed by atoms with van der Waals surface area (Å²) in [6, 6.07) is 0. The molecule has 108 valence electrons. The smallest absolute Gasteiger partial charge is 0.132 e. The van der Waals surface area contributed by atoms with Gasteiger partial charge in [-0.3, -0.25) is 9.59 Å². The highest BCUT2D eigenvalue weighted by atomic mass is 16.1. The minimum atomic E-state index is 0. The van der Waals surface area contributed by atoms with Crippen molar-refractivity contribution in [2.75, 3.05) is 0 Å². The minimum Gasteiger partial charge on any atom is -0.300 e. The molecule has 0 aromatic rings. The maximum atomic E-state index is 10.8. The van der Waals surface area contributed by atoms with Gasteiger partial charge in [-0.1, -0.05) is 40.5 Å². The molecule has 0 atom stereocenters. The van der Waals surface area contributed by atoms with E-state index in [9.17, 15) is 9.59 Å². The lowest BCUT2D eigenvalue weighted by Gasteiger charge is -2.21. The number of hydrogen-bond acceptors (Lipinski definition) is 2. The zero-order valence-electron chi connectivity index (χ0n) is 10.6. The van der Waals surface area contributed by atoms with Crippen molar-refractivity contribution in [1.82, 2.24) is 0 Å². The molecule has 18 heavy (non-hydrogen) atoms. The van der Waals surface area contributed by atoms with Gasteiger partial charge in [0.25, 0.3) is 0 Å². The van der Waals surface area contributed by atoms with Crippen molar-refractivity contribution in [2.24, 2.45) is 11.8 Å². The maximum absolute atomic E-state index is 10.8. The normalized spacial score (nSPS) is 19.2. The largest absolute Gasteiger partial charge is 0.300 e. The molecule has 0 amide bonds. The van der Waals surface area contributed by atoms with Gasteiger partial charge < -0.3 is 0 Å². The van der Waals surface area contributed by atoms with E-state index >= 15 is 0 Å². The van der Waals surface area contributed by atoms with E-state index < -0.39 is 0 Å². The Kier molecular flexibility index (Phi) is 11.2. The van der Waals surface area contributed by atoms with Crippen LogP contribution >= 0.6 is 0 Å². The first-order valence-electron chi connectivity index (χ1n) is 6.62. The molecule has 0 aromatic carbocycles. The van der Waals surface area contributed by atoms with Crippen LogP contribution < -0.4 is 0 Å². The van der Waals surface area contributed by atoms with Gasteiger partial charge in [0.2, 0.25) is 0 Å². The number of carbonyl (C=O) groups is 2. The van der Waals surface area contributed by atoms with Crippen LogP contribution in [0.3, 0.4) is 0 Å². The molecule has 0 heterocycles. The molecule has 0 radical (unpaired) electrons. The van der Waals surface area contributed by atoms with E-state index in [1.807, 2.05) is 0 Å². The SMILES string of the molecule is C.C.CC(=O)C1CCC1.CC(=O)C1CCCCC1. The summed E-state index contributed by atoms with van der Waals surface area (Å²) in [4.78, 5) is 21.2. The van der Waals surface area contributed by atoms with E-state index in [2.05, 4.69) is 0 Å². The van der Waals surface area contributed by atoms with Crippen LogP contribution in [0.1, 0.15) is 80.1 Å². The van der Waals surface area contributed by atoms with Crippen molar-refractivity contribution in [3.8, 4) is 0 Å². The molecule has 0 unspecified atom stereocenters. The van der Waals surface area contributed by atoms with Crippen molar-refractivity contribution in [3.05, 3.63) is 0 Å². The lowest BCUT2D eigenvalue weighted by atomic mass is 9.83. The van der Waals surface area contributed by atoms with Gasteiger partial charge in [-0.05, 0) is 39.5 Å². The fourth-order valence-electron chi connectivity index (χ4n) is 2.32. The van der Waals surface area contributed by atoms with Gasteiger partial charge in [-0.25, -0.2) is 0 Å². The second-order valence-electron chi connectivity index (χ2n) is 5.18. The maximum Gasteiger partial charge on any atom is 0.132 e. The molecule has 0 bridgehead atoms. The first kappa shape index (κ1) is 19.7. The van der Waals surface area contributed by atoms with Crippen LogP contribution in [-0.2, 0) is 9.59 Å². The van der Waals surface area contributed by atoms with Gasteiger partial charge in [0.15, 0.2) is 0 Å². The molecule has 0 aromatic heterocycles. The summed E-state index contributed by atoms with van der Waals surface area (Å²) < 4.78 is 0. The molecule has 2 heteroatoms. The van der Waals surface area contributed by atoms with Crippen LogP contribution in [0.2, 0.25) is 0 Å². The molecule has 0 saturated heterocycles. The average molecular weight is 256 g/mol. The molecule has 0 aliphatic heterocycles. The van der Waals surface area contributed by atoms with Crippen LogP contribution in [0.15, 0.2) is 0 Å². The Bertz CT molecular complexity index is 235. The highest BCUT2D eigenvalue weighted by Gasteiger charge is 2.20. The number of Topliss-reactive ketones (excluding diaryl/α,β-unsaturated/α-hetero) is 2. The van der Waals surface area contributed by atoms with E-state index in [-0.39, 0.29) is 14.9 Å². The summed E-state index contributed by atoms with van der Waals surface area (Å²) in [6.07, 6.45) is 9.73. The summed E-state index contributed by atoms with van der Waals surface area (Å²) in [5.41, 5.74) is 0. The molecule has 0 N–H and O–H groups in total. The molecule has 2 nitrogen and oxygen atoms in total. The van der Waals surface area contributed by atoms with Gasteiger partial charge in [-0.2, -0.15) is 0 Å². The minimum absolute atomic E-state index is 0. The van der Waals surface area contributed by atoms with Crippen molar-refractivity contribution in [1.29, 1.82) is 0 Å². The predicted molar refractivity (Wildman–Crippen MR) is 78.7 cm³/mol. The third-order valence-electron chi connectivity index (χ3n) is 3.86. The summed E-state index contributed by atoms with van der Waals surface area (Å²) in [7, 11) is 0. The van der Waals surface area contributed by atoms with Crippen molar-refractivity contribution in [2.45, 2.75) is 80.1 Å². The van der Waals surface area contributed by atoms with Gasteiger partial charge in [0.05, 0.1) is 0 Å². The van der Waals surface area contributed by atoms with Crippen LogP contribution in [-0.4, -0.2) is 11.6 Å². The second kappa shape index (κ2) is 10.3. The molecular weight excluding hydrogens is 224 g/mol. The molecule has 0 spiro atoms. The summed E-state index contributed by atoms with van der Waals surface area (Å²) >= 11 is 0. The van der Waals surface area contributed by atoms with E-state index in [0.29, 0.717) is 23.4 Å². The molecule has 2 rings (SSSR count). The number of hydrogen-bond donors (Lipinski definition) is 0. The Morgan fingerprint density at radius 3 is 1.17 bits per heavy atom. The second-order valence-corrected chi connectivity index (χ2v) is 5.18. The lowest BCUT2D eigenvalue weighted by molar-refractivity contribution is -0.123. The van der Waals surface area contributed by atoms with Crippen molar-refractivity contribution in [3.63, 3.8) is 0 Å². The topological polar surface area (TPSA) is 34.1 Å². The zero-order valence-corrected chi connectivity index (χ0v) is 10.6. The van der Waals surface area contributed by atoms with E-state index in [1.165, 1.54) is 25.7 Å². The zero-order chi connectivity index (χ0) is 12.0. The molecule has 2 saturated carbocycles. The summed E-state index contributed by atoms with van der Waals surface area (Å²) in [5.74, 6) is 1.64. The predicted octanol–water partition coefficient (Wildman–Crippen LogP) is 4.80. The first-order chi connectivity index (χ1) is 7.61. The summed E-state index contributed by atoms with van der Waals surface area (Å²) in [5, 5.41) is 0. The Labute approximate surface area is 114 Å². The lowest BCUT2D eigenvalue weighted by Crippen LogP contribution is -2.18. The van der Waals surface area contributed by atoms with Gasteiger partial charge in [-0.15, -0.1) is 0 Å². The van der Waals surface area contributed by atoms with E-state index in [0.717, 1.165) is 25.7 Å². The monoisotopic (exact) mass is 256 g/mol.